The molecule has 1 aliphatic rings. The van der Waals surface area contributed by atoms with Gasteiger partial charge in [-0.2, -0.15) is 0 Å². The van der Waals surface area contributed by atoms with Crippen LogP contribution in [0.1, 0.15) is 22.3 Å². The summed E-state index contributed by atoms with van der Waals surface area (Å²) in [6.07, 6.45) is 1.50. The van der Waals surface area contributed by atoms with Crippen molar-refractivity contribution in [2.75, 3.05) is 12.5 Å². The lowest BCUT2D eigenvalue weighted by Crippen LogP contribution is -1.99. The number of ether oxygens (including phenoxy) is 1. The van der Waals surface area contributed by atoms with Crippen LogP contribution < -0.4 is 4.74 Å². The van der Waals surface area contributed by atoms with Gasteiger partial charge in [0, 0.05) is 12.0 Å². The third-order valence-electron chi connectivity index (χ3n) is 2.35. The molecule has 0 amide bonds. The second kappa shape index (κ2) is 4.01. The first kappa shape index (κ1) is 9.53. The number of hydrogen-bond donors (Lipinski definition) is 0. The van der Waals surface area contributed by atoms with Crippen LogP contribution in [0.3, 0.4) is 0 Å². The monoisotopic (exact) mass is 210 g/mol. The molecule has 0 aliphatic heterocycles. The summed E-state index contributed by atoms with van der Waals surface area (Å²) in [7, 11) is 0. The van der Waals surface area contributed by atoms with E-state index in [-0.39, 0.29) is 5.78 Å². The van der Waals surface area contributed by atoms with E-state index in [1.165, 1.54) is 0 Å². The van der Waals surface area contributed by atoms with Gasteiger partial charge < -0.3 is 4.74 Å². The molecule has 0 unspecified atom stereocenters. The maximum Gasteiger partial charge on any atom is 0.163 e. The zero-order valence-corrected chi connectivity index (χ0v) is 8.51. The number of rotatable bonds is 3. The van der Waals surface area contributed by atoms with Crippen molar-refractivity contribution in [2.24, 2.45) is 0 Å². The zero-order chi connectivity index (χ0) is 9.97. The van der Waals surface area contributed by atoms with Crippen LogP contribution in [0.4, 0.5) is 0 Å². The molecule has 14 heavy (non-hydrogen) atoms. The maximum atomic E-state index is 11.4. The van der Waals surface area contributed by atoms with Gasteiger partial charge >= 0.3 is 0 Å². The van der Waals surface area contributed by atoms with Gasteiger partial charge in [-0.25, -0.2) is 0 Å². The Morgan fingerprint density at radius 1 is 1.36 bits per heavy atom. The van der Waals surface area contributed by atoms with Crippen molar-refractivity contribution in [1.82, 2.24) is 0 Å². The van der Waals surface area contributed by atoms with Gasteiger partial charge in [0.05, 0.1) is 5.88 Å². The van der Waals surface area contributed by atoms with E-state index < -0.39 is 0 Å². The quantitative estimate of drug-likeness (QED) is 0.717. The van der Waals surface area contributed by atoms with Gasteiger partial charge in [0.25, 0.3) is 0 Å². The molecule has 0 atom stereocenters. The van der Waals surface area contributed by atoms with E-state index in [1.54, 1.807) is 0 Å². The van der Waals surface area contributed by atoms with Crippen molar-refractivity contribution >= 4 is 17.4 Å². The molecule has 0 saturated carbocycles. The molecule has 1 aromatic rings. The molecule has 74 valence electrons. The van der Waals surface area contributed by atoms with Crippen molar-refractivity contribution in [1.29, 1.82) is 0 Å². The van der Waals surface area contributed by atoms with Crippen LogP contribution >= 0.6 is 11.6 Å². The highest BCUT2D eigenvalue weighted by Gasteiger charge is 2.19. The number of benzene rings is 1. The predicted octanol–water partition coefficient (Wildman–Crippen LogP) is 2.43. The summed E-state index contributed by atoms with van der Waals surface area (Å²) >= 11 is 5.51. The van der Waals surface area contributed by atoms with E-state index >= 15 is 0 Å². The van der Waals surface area contributed by atoms with Crippen LogP contribution in [0, 0.1) is 0 Å². The number of alkyl halides is 1. The molecule has 0 radical (unpaired) electrons. The lowest BCUT2D eigenvalue weighted by Gasteiger charge is -2.05. The summed E-state index contributed by atoms with van der Waals surface area (Å²) in [6.45, 7) is 0.481. The lowest BCUT2D eigenvalue weighted by molar-refractivity contribution is 0.0994. The van der Waals surface area contributed by atoms with Crippen LogP contribution in [0.5, 0.6) is 5.75 Å². The van der Waals surface area contributed by atoms with Crippen LogP contribution in [-0.2, 0) is 6.42 Å². The molecule has 0 saturated heterocycles. The Kier molecular flexibility index (Phi) is 2.73. The standard InChI is InChI=1S/C11H11ClO2/c12-5-6-14-9-3-1-8-2-4-11(13)10(8)7-9/h1,3,7H,2,4-6H2. The second-order valence-corrected chi connectivity index (χ2v) is 3.66. The fourth-order valence-electron chi connectivity index (χ4n) is 1.66. The Labute approximate surface area is 87.8 Å². The summed E-state index contributed by atoms with van der Waals surface area (Å²) in [6, 6.07) is 5.67. The number of Topliss-reactive ketones (excluding diaryl/α,β-unsaturated/α-hetero) is 1. The van der Waals surface area contributed by atoms with Gasteiger partial charge in [0.1, 0.15) is 12.4 Å². The topological polar surface area (TPSA) is 26.3 Å². The third kappa shape index (κ3) is 1.75. The molecule has 1 aromatic carbocycles. The van der Waals surface area contributed by atoms with Gasteiger partial charge in [-0.15, -0.1) is 11.6 Å². The minimum absolute atomic E-state index is 0.219. The fourth-order valence-corrected chi connectivity index (χ4v) is 1.74. The number of fused-ring (bicyclic) bond motifs is 1. The number of halogens is 1. The van der Waals surface area contributed by atoms with Crippen molar-refractivity contribution in [3.8, 4) is 5.75 Å². The van der Waals surface area contributed by atoms with Crippen molar-refractivity contribution in [2.45, 2.75) is 12.8 Å². The van der Waals surface area contributed by atoms with Gasteiger partial charge in [-0.1, -0.05) is 6.07 Å². The molecule has 2 nitrogen and oxygen atoms in total. The van der Waals surface area contributed by atoms with Crippen molar-refractivity contribution in [3.05, 3.63) is 29.3 Å². The molecule has 0 fully saturated rings. The van der Waals surface area contributed by atoms with Crippen LogP contribution in [0.25, 0.3) is 0 Å². The maximum absolute atomic E-state index is 11.4. The Morgan fingerprint density at radius 2 is 2.21 bits per heavy atom. The molecule has 0 heterocycles. The molecule has 1 aliphatic carbocycles. The van der Waals surface area contributed by atoms with Crippen LogP contribution in [0.15, 0.2) is 18.2 Å². The molecular weight excluding hydrogens is 200 g/mol. The number of aryl methyl sites for hydroxylation is 1. The Hall–Kier alpha value is -1.02. The van der Waals surface area contributed by atoms with Crippen molar-refractivity contribution < 1.29 is 9.53 Å². The van der Waals surface area contributed by atoms with Gasteiger partial charge in [-0.3, -0.25) is 4.79 Å². The van der Waals surface area contributed by atoms with Gasteiger partial charge in [0.2, 0.25) is 0 Å². The summed E-state index contributed by atoms with van der Waals surface area (Å²) in [5.41, 5.74) is 1.95. The first-order valence-corrected chi connectivity index (χ1v) is 5.19. The molecule has 0 bridgehead atoms. The minimum Gasteiger partial charge on any atom is -0.492 e. The van der Waals surface area contributed by atoms with Crippen LogP contribution in [-0.4, -0.2) is 18.3 Å². The highest BCUT2D eigenvalue weighted by atomic mass is 35.5. The van der Waals surface area contributed by atoms with E-state index in [2.05, 4.69) is 0 Å². The number of carbonyl (C=O) groups is 1. The minimum atomic E-state index is 0.219. The summed E-state index contributed by atoms with van der Waals surface area (Å²) < 4.78 is 5.34. The highest BCUT2D eigenvalue weighted by Crippen LogP contribution is 2.25. The zero-order valence-electron chi connectivity index (χ0n) is 7.75. The summed E-state index contributed by atoms with van der Waals surface area (Å²) in [5, 5.41) is 0. The number of hydrogen-bond acceptors (Lipinski definition) is 2. The molecule has 2 rings (SSSR count). The first-order valence-electron chi connectivity index (χ1n) is 4.66. The van der Waals surface area contributed by atoms with Gasteiger partial charge in [-0.05, 0) is 24.1 Å². The lowest BCUT2D eigenvalue weighted by atomic mass is 10.1. The van der Waals surface area contributed by atoms with E-state index in [0.717, 1.165) is 23.3 Å². The Balaban J connectivity index is 2.21. The van der Waals surface area contributed by atoms with Crippen molar-refractivity contribution in [3.63, 3.8) is 0 Å². The first-order chi connectivity index (χ1) is 6.81. The van der Waals surface area contributed by atoms with E-state index in [9.17, 15) is 4.79 Å². The fraction of sp³-hybridized carbons (Fsp3) is 0.364. The third-order valence-corrected chi connectivity index (χ3v) is 2.50. The molecule has 3 heteroatoms. The predicted molar refractivity (Wildman–Crippen MR) is 55.3 cm³/mol. The summed E-state index contributed by atoms with van der Waals surface area (Å²) in [4.78, 5) is 11.4. The highest BCUT2D eigenvalue weighted by molar-refractivity contribution is 6.18. The average Bonchev–Trinajstić information content (AvgIpc) is 2.57. The Bertz CT molecular complexity index is 360. The van der Waals surface area contributed by atoms with E-state index in [1.807, 2.05) is 18.2 Å². The molecule has 0 spiro atoms. The smallest absolute Gasteiger partial charge is 0.163 e. The largest absolute Gasteiger partial charge is 0.492 e. The normalized spacial score (nSPS) is 14.2. The van der Waals surface area contributed by atoms with Gasteiger partial charge in [0.15, 0.2) is 5.78 Å². The molecule has 0 N–H and O–H groups in total. The second-order valence-electron chi connectivity index (χ2n) is 3.28. The van der Waals surface area contributed by atoms with E-state index in [4.69, 9.17) is 16.3 Å². The molecular formula is C11H11ClO2. The van der Waals surface area contributed by atoms with E-state index in [0.29, 0.717) is 18.9 Å². The average molecular weight is 211 g/mol. The summed E-state index contributed by atoms with van der Waals surface area (Å²) in [5.74, 6) is 1.42. The number of ketones is 1. The van der Waals surface area contributed by atoms with Crippen LogP contribution in [0.2, 0.25) is 0 Å². The number of carbonyl (C=O) groups excluding carboxylic acids is 1. The SMILES string of the molecule is O=C1CCc2ccc(OCCCl)cc21. The molecule has 0 aromatic heterocycles. The Morgan fingerprint density at radius 3 is 3.00 bits per heavy atom.